The van der Waals surface area contributed by atoms with Gasteiger partial charge in [-0.3, -0.25) is 0 Å². The van der Waals surface area contributed by atoms with Crippen molar-refractivity contribution >= 4 is 28.9 Å². The van der Waals surface area contributed by atoms with Crippen molar-refractivity contribution in [1.29, 1.82) is 0 Å². The summed E-state index contributed by atoms with van der Waals surface area (Å²) in [5.41, 5.74) is 0.426. The number of aromatic amines is 1. The molecule has 0 spiro atoms. The number of rotatable bonds is 6. The molecule has 2 N–H and O–H groups in total. The second-order valence-electron chi connectivity index (χ2n) is 8.16. The SMILES string of the molecule is COc1ccc(F)cc1C(C)(C)Sc1ccc(F)c(-n2c(=O)[nH]c3c(C)cc(C(=O)O)nc32)c1. The first kappa shape index (κ1) is 23.5. The lowest BCUT2D eigenvalue weighted by Gasteiger charge is -2.27. The molecule has 7 nitrogen and oxygen atoms in total. The zero-order valence-electron chi connectivity index (χ0n) is 18.8. The summed E-state index contributed by atoms with van der Waals surface area (Å²) >= 11 is 1.33. The van der Waals surface area contributed by atoms with Gasteiger partial charge >= 0.3 is 11.7 Å². The summed E-state index contributed by atoms with van der Waals surface area (Å²) in [5.74, 6) is -1.85. The number of benzene rings is 2. The number of nitrogens with one attached hydrogen (secondary N) is 1. The minimum absolute atomic E-state index is 0.00881. The molecule has 2 aromatic heterocycles. The number of aromatic carboxylic acids is 1. The number of thioether (sulfide) groups is 1. The van der Waals surface area contributed by atoms with Gasteiger partial charge in [-0.25, -0.2) is 27.9 Å². The lowest BCUT2D eigenvalue weighted by molar-refractivity contribution is 0.0690. The van der Waals surface area contributed by atoms with Gasteiger partial charge in [0.1, 0.15) is 17.4 Å². The van der Waals surface area contributed by atoms with Crippen molar-refractivity contribution in [3.63, 3.8) is 0 Å². The Bertz CT molecular complexity index is 1490. The van der Waals surface area contributed by atoms with Crippen molar-refractivity contribution in [2.45, 2.75) is 30.4 Å². The minimum atomic E-state index is -1.26. The van der Waals surface area contributed by atoms with Crippen LogP contribution in [0.3, 0.4) is 0 Å². The van der Waals surface area contributed by atoms with Crippen LogP contribution in [0.15, 0.2) is 52.2 Å². The Kier molecular flexibility index (Phi) is 5.94. The van der Waals surface area contributed by atoms with Crippen LogP contribution in [0.4, 0.5) is 8.78 Å². The molecule has 2 aromatic carbocycles. The van der Waals surface area contributed by atoms with Gasteiger partial charge in [0.25, 0.3) is 0 Å². The fraction of sp³-hybridized carbons (Fsp3) is 0.208. The fourth-order valence-corrected chi connectivity index (χ4v) is 4.96. The number of fused-ring (bicyclic) bond motifs is 1. The molecule has 0 amide bonds. The van der Waals surface area contributed by atoms with Crippen LogP contribution in [0.1, 0.15) is 35.5 Å². The Labute approximate surface area is 197 Å². The quantitative estimate of drug-likeness (QED) is 0.372. The number of pyridine rings is 1. The van der Waals surface area contributed by atoms with E-state index in [0.717, 1.165) is 4.57 Å². The predicted molar refractivity (Wildman–Crippen MR) is 125 cm³/mol. The number of imidazole rings is 1. The number of aryl methyl sites for hydroxylation is 1. The van der Waals surface area contributed by atoms with Gasteiger partial charge in [-0.2, -0.15) is 0 Å². The van der Waals surface area contributed by atoms with E-state index < -0.39 is 28.0 Å². The highest BCUT2D eigenvalue weighted by molar-refractivity contribution is 8.00. The average Bonchev–Trinajstić information content (AvgIpc) is 3.11. The van der Waals surface area contributed by atoms with E-state index in [-0.39, 0.29) is 17.0 Å². The van der Waals surface area contributed by atoms with Crippen molar-refractivity contribution < 1.29 is 23.4 Å². The topological polar surface area (TPSA) is 97.2 Å². The molecule has 0 aliphatic rings. The van der Waals surface area contributed by atoms with Crippen LogP contribution in [-0.2, 0) is 4.75 Å². The van der Waals surface area contributed by atoms with E-state index in [1.165, 1.54) is 49.2 Å². The highest BCUT2D eigenvalue weighted by Crippen LogP contribution is 2.45. The number of hydrogen-bond donors (Lipinski definition) is 2. The third-order valence-corrected chi connectivity index (χ3v) is 6.62. The highest BCUT2D eigenvalue weighted by Gasteiger charge is 2.27. The van der Waals surface area contributed by atoms with Crippen LogP contribution in [0.5, 0.6) is 5.75 Å². The summed E-state index contributed by atoms with van der Waals surface area (Å²) in [6.45, 7) is 5.38. The Balaban J connectivity index is 1.84. The third kappa shape index (κ3) is 4.16. The molecule has 0 saturated carbocycles. The monoisotopic (exact) mass is 485 g/mol. The van der Waals surface area contributed by atoms with Crippen LogP contribution in [0, 0.1) is 18.6 Å². The van der Waals surface area contributed by atoms with E-state index in [2.05, 4.69) is 9.97 Å². The predicted octanol–water partition coefficient (Wildman–Crippen LogP) is 5.03. The molecule has 0 bridgehead atoms. The second kappa shape index (κ2) is 8.60. The number of hydrogen-bond acceptors (Lipinski definition) is 5. The van der Waals surface area contributed by atoms with Crippen molar-refractivity contribution in [3.05, 3.63) is 81.4 Å². The number of methoxy groups -OCH3 is 1. The Morgan fingerprint density at radius 1 is 1.18 bits per heavy atom. The Morgan fingerprint density at radius 3 is 2.59 bits per heavy atom. The van der Waals surface area contributed by atoms with Gasteiger partial charge in [-0.05, 0) is 68.8 Å². The summed E-state index contributed by atoms with van der Waals surface area (Å²) in [4.78, 5) is 31.5. The average molecular weight is 486 g/mol. The molecule has 0 aliphatic heterocycles. The lowest BCUT2D eigenvalue weighted by Crippen LogP contribution is -2.17. The summed E-state index contributed by atoms with van der Waals surface area (Å²) in [5, 5.41) is 9.36. The second-order valence-corrected chi connectivity index (χ2v) is 9.86. The number of aromatic nitrogens is 3. The molecule has 176 valence electrons. The van der Waals surface area contributed by atoms with E-state index >= 15 is 0 Å². The summed E-state index contributed by atoms with van der Waals surface area (Å²) in [6.07, 6.45) is 0. The first-order chi connectivity index (χ1) is 16.0. The van der Waals surface area contributed by atoms with E-state index in [1.807, 2.05) is 13.8 Å². The van der Waals surface area contributed by atoms with Gasteiger partial charge in [0, 0.05) is 15.2 Å². The molecule has 4 rings (SSSR count). The van der Waals surface area contributed by atoms with Crippen molar-refractivity contribution in [1.82, 2.24) is 14.5 Å². The molecule has 0 saturated heterocycles. The molecule has 0 radical (unpaired) electrons. The largest absolute Gasteiger partial charge is 0.496 e. The number of carboxylic acid groups (broad SMARTS) is 1. The number of ether oxygens (including phenoxy) is 1. The van der Waals surface area contributed by atoms with E-state index in [4.69, 9.17) is 4.74 Å². The molecular weight excluding hydrogens is 464 g/mol. The zero-order chi connectivity index (χ0) is 24.8. The maximum atomic E-state index is 14.9. The molecule has 10 heteroatoms. The van der Waals surface area contributed by atoms with Gasteiger partial charge in [0.05, 0.1) is 18.3 Å². The first-order valence-electron chi connectivity index (χ1n) is 10.2. The van der Waals surface area contributed by atoms with Crippen molar-refractivity contribution in [3.8, 4) is 11.4 Å². The van der Waals surface area contributed by atoms with Crippen molar-refractivity contribution in [2.75, 3.05) is 7.11 Å². The molecule has 34 heavy (non-hydrogen) atoms. The molecular formula is C24H21F2N3O4S. The van der Waals surface area contributed by atoms with Crippen molar-refractivity contribution in [2.24, 2.45) is 0 Å². The molecule has 2 heterocycles. The van der Waals surface area contributed by atoms with Gasteiger partial charge in [-0.15, -0.1) is 11.8 Å². The molecule has 0 atom stereocenters. The van der Waals surface area contributed by atoms with Gasteiger partial charge in [0.15, 0.2) is 11.3 Å². The summed E-state index contributed by atoms with van der Waals surface area (Å²) in [6, 6.07) is 9.83. The van der Waals surface area contributed by atoms with Gasteiger partial charge in [-0.1, -0.05) is 0 Å². The maximum Gasteiger partial charge on any atom is 0.354 e. The molecule has 4 aromatic rings. The smallest absolute Gasteiger partial charge is 0.354 e. The third-order valence-electron chi connectivity index (χ3n) is 5.41. The number of H-pyrrole nitrogens is 1. The zero-order valence-corrected chi connectivity index (χ0v) is 19.6. The van der Waals surface area contributed by atoms with Crippen LogP contribution < -0.4 is 10.4 Å². The number of nitrogens with zero attached hydrogens (tertiary/aromatic N) is 2. The standard InChI is InChI=1S/C24H21F2N3O4S/c1-12-9-17(22(30)31)27-21-20(12)28-23(32)29(21)18-11-14(6-7-16(18)26)34-24(2,3)15-10-13(25)5-8-19(15)33-4/h5-11H,1-4H3,(H,28,32)(H,30,31). The number of halogens is 2. The first-order valence-corrected chi connectivity index (χ1v) is 11.0. The summed E-state index contributed by atoms with van der Waals surface area (Å²) < 4.78 is 34.6. The van der Waals surface area contributed by atoms with Crippen LogP contribution in [-0.4, -0.2) is 32.7 Å². The van der Waals surface area contributed by atoms with Gasteiger partial charge < -0.3 is 14.8 Å². The molecule has 0 fully saturated rings. The molecule has 0 unspecified atom stereocenters. The Morgan fingerprint density at radius 2 is 1.91 bits per heavy atom. The number of carbonyl (C=O) groups is 1. The normalized spacial score (nSPS) is 11.7. The van der Waals surface area contributed by atoms with Crippen LogP contribution in [0.2, 0.25) is 0 Å². The summed E-state index contributed by atoms with van der Waals surface area (Å²) in [7, 11) is 1.50. The molecule has 0 aliphatic carbocycles. The van der Waals surface area contributed by atoms with Crippen LogP contribution >= 0.6 is 11.8 Å². The van der Waals surface area contributed by atoms with Gasteiger partial charge in [0.2, 0.25) is 0 Å². The highest BCUT2D eigenvalue weighted by atomic mass is 32.2. The lowest BCUT2D eigenvalue weighted by atomic mass is 10.0. The maximum absolute atomic E-state index is 14.9. The van der Waals surface area contributed by atoms with E-state index in [0.29, 0.717) is 27.3 Å². The minimum Gasteiger partial charge on any atom is -0.496 e. The van der Waals surface area contributed by atoms with Crippen LogP contribution in [0.25, 0.3) is 16.9 Å². The van der Waals surface area contributed by atoms with E-state index in [9.17, 15) is 23.5 Å². The number of carboxylic acids is 1. The van der Waals surface area contributed by atoms with E-state index in [1.54, 1.807) is 19.1 Å². The Hall–Kier alpha value is -3.66. The fourth-order valence-electron chi connectivity index (χ4n) is 3.79.